The minimum atomic E-state index is 0. The van der Waals surface area contributed by atoms with E-state index < -0.39 is 0 Å². The molecule has 3 nitrogen and oxygen atoms in total. The number of benzene rings is 1. The third-order valence-corrected chi connectivity index (χ3v) is 4.63. The summed E-state index contributed by atoms with van der Waals surface area (Å²) < 4.78 is 7.65. The van der Waals surface area contributed by atoms with Gasteiger partial charge in [0.15, 0.2) is 0 Å². The van der Waals surface area contributed by atoms with Crippen LogP contribution in [-0.4, -0.2) is 23.3 Å². The molecule has 0 atom stereocenters. The molecular formula is C20H25ClN2O. The summed E-state index contributed by atoms with van der Waals surface area (Å²) in [6.07, 6.45) is 3.91. The number of methoxy groups -OCH3 is 1. The van der Waals surface area contributed by atoms with Crippen LogP contribution >= 0.6 is 12.4 Å². The van der Waals surface area contributed by atoms with Crippen LogP contribution in [0, 0.1) is 13.8 Å². The van der Waals surface area contributed by atoms with Crippen molar-refractivity contribution in [1.82, 2.24) is 9.55 Å². The molecule has 0 aliphatic rings. The molecule has 0 N–H and O–H groups in total. The van der Waals surface area contributed by atoms with Crippen molar-refractivity contribution in [3.8, 4) is 0 Å². The van der Waals surface area contributed by atoms with Crippen molar-refractivity contribution in [2.75, 3.05) is 13.7 Å². The Hall–Kier alpha value is -1.84. The van der Waals surface area contributed by atoms with E-state index in [1.54, 1.807) is 7.11 Å². The Morgan fingerprint density at radius 1 is 1.04 bits per heavy atom. The highest BCUT2D eigenvalue weighted by molar-refractivity contribution is 5.87. The van der Waals surface area contributed by atoms with E-state index in [1.807, 2.05) is 6.20 Å². The van der Waals surface area contributed by atoms with E-state index >= 15 is 0 Å². The van der Waals surface area contributed by atoms with Crippen LogP contribution in [0.2, 0.25) is 0 Å². The van der Waals surface area contributed by atoms with Crippen LogP contribution in [0.1, 0.15) is 22.5 Å². The third-order valence-electron chi connectivity index (χ3n) is 4.63. The highest BCUT2D eigenvalue weighted by Gasteiger charge is 2.14. The maximum Gasteiger partial charge on any atom is 0.0705 e. The fourth-order valence-electron chi connectivity index (χ4n) is 3.22. The average Bonchev–Trinajstić information content (AvgIpc) is 2.84. The second-order valence-corrected chi connectivity index (χ2v) is 5.99. The van der Waals surface area contributed by atoms with E-state index in [4.69, 9.17) is 4.74 Å². The van der Waals surface area contributed by atoms with Gasteiger partial charge in [0.05, 0.1) is 17.8 Å². The van der Waals surface area contributed by atoms with Gasteiger partial charge in [0.2, 0.25) is 0 Å². The van der Waals surface area contributed by atoms with Gasteiger partial charge in [-0.15, -0.1) is 12.4 Å². The number of hydrogen-bond acceptors (Lipinski definition) is 2. The SMILES string of the molecule is COCCn1c(C)c(C)c2ccnc(CCc3ccccc3)c21.Cl. The zero-order valence-electron chi connectivity index (χ0n) is 14.6. The molecule has 2 aromatic heterocycles. The van der Waals surface area contributed by atoms with Crippen molar-refractivity contribution >= 4 is 23.3 Å². The van der Waals surface area contributed by atoms with Crippen LogP contribution in [0.4, 0.5) is 0 Å². The summed E-state index contributed by atoms with van der Waals surface area (Å²) in [4.78, 5) is 4.68. The Bertz CT molecular complexity index is 796. The Kier molecular flexibility index (Phi) is 6.41. The normalized spacial score (nSPS) is 10.8. The Morgan fingerprint density at radius 3 is 2.50 bits per heavy atom. The van der Waals surface area contributed by atoms with Gasteiger partial charge < -0.3 is 9.30 Å². The minimum Gasteiger partial charge on any atom is -0.383 e. The van der Waals surface area contributed by atoms with Crippen molar-refractivity contribution in [3.05, 3.63) is 65.1 Å². The first-order valence-corrected chi connectivity index (χ1v) is 8.18. The minimum absolute atomic E-state index is 0. The van der Waals surface area contributed by atoms with Gasteiger partial charge >= 0.3 is 0 Å². The summed E-state index contributed by atoms with van der Waals surface area (Å²) in [5.41, 5.74) is 6.47. The number of halogens is 1. The molecule has 0 spiro atoms. The van der Waals surface area contributed by atoms with Gasteiger partial charge in [-0.05, 0) is 43.9 Å². The largest absolute Gasteiger partial charge is 0.383 e. The number of aryl methyl sites for hydroxylation is 3. The van der Waals surface area contributed by atoms with Crippen LogP contribution in [0.3, 0.4) is 0 Å². The van der Waals surface area contributed by atoms with Gasteiger partial charge in [0, 0.05) is 30.9 Å². The number of fused-ring (bicyclic) bond motifs is 1. The molecule has 0 bridgehead atoms. The number of rotatable bonds is 6. The molecule has 0 radical (unpaired) electrons. The average molecular weight is 345 g/mol. The molecule has 2 heterocycles. The lowest BCUT2D eigenvalue weighted by molar-refractivity contribution is 0.188. The van der Waals surface area contributed by atoms with Crippen LogP contribution in [-0.2, 0) is 24.1 Å². The fourth-order valence-corrected chi connectivity index (χ4v) is 3.22. The highest BCUT2D eigenvalue weighted by atomic mass is 35.5. The molecule has 4 heteroatoms. The lowest BCUT2D eigenvalue weighted by Crippen LogP contribution is -2.08. The first-order chi connectivity index (χ1) is 11.2. The van der Waals surface area contributed by atoms with E-state index in [1.165, 1.54) is 33.4 Å². The molecule has 0 aliphatic carbocycles. The smallest absolute Gasteiger partial charge is 0.0705 e. The number of aromatic nitrogens is 2. The number of pyridine rings is 1. The maximum atomic E-state index is 5.29. The fraction of sp³-hybridized carbons (Fsp3) is 0.350. The van der Waals surface area contributed by atoms with Gasteiger partial charge in [-0.25, -0.2) is 0 Å². The van der Waals surface area contributed by atoms with Crippen LogP contribution in [0.25, 0.3) is 10.9 Å². The Balaban J connectivity index is 0.00000208. The predicted octanol–water partition coefficient (Wildman–Crippen LogP) is 4.51. The van der Waals surface area contributed by atoms with E-state index in [9.17, 15) is 0 Å². The lowest BCUT2D eigenvalue weighted by atomic mass is 10.1. The highest BCUT2D eigenvalue weighted by Crippen LogP contribution is 2.27. The molecule has 24 heavy (non-hydrogen) atoms. The maximum absolute atomic E-state index is 5.29. The van der Waals surface area contributed by atoms with Gasteiger partial charge in [-0.2, -0.15) is 0 Å². The van der Waals surface area contributed by atoms with Gasteiger partial charge in [0.1, 0.15) is 0 Å². The second-order valence-electron chi connectivity index (χ2n) is 5.99. The topological polar surface area (TPSA) is 27.1 Å². The van der Waals surface area contributed by atoms with E-state index in [2.05, 4.69) is 59.8 Å². The molecule has 0 saturated heterocycles. The number of nitrogens with zero attached hydrogens (tertiary/aromatic N) is 2. The first kappa shape index (κ1) is 18.5. The lowest BCUT2D eigenvalue weighted by Gasteiger charge is -2.11. The molecule has 0 aliphatic heterocycles. The Morgan fingerprint density at radius 2 is 1.79 bits per heavy atom. The van der Waals surface area contributed by atoms with Gasteiger partial charge in [0.25, 0.3) is 0 Å². The van der Waals surface area contributed by atoms with Crippen molar-refractivity contribution in [2.24, 2.45) is 0 Å². The molecule has 0 saturated carbocycles. The predicted molar refractivity (Wildman–Crippen MR) is 102 cm³/mol. The molecule has 0 unspecified atom stereocenters. The van der Waals surface area contributed by atoms with Crippen LogP contribution in [0.15, 0.2) is 42.6 Å². The standard InChI is InChI=1S/C20H24N2O.ClH/c1-15-16(2)22(13-14-23-3)20-18(15)11-12-21-19(20)10-9-17-7-5-4-6-8-17;/h4-8,11-12H,9-10,13-14H2,1-3H3;1H. The number of hydrogen-bond donors (Lipinski definition) is 0. The van der Waals surface area contributed by atoms with Crippen molar-refractivity contribution in [1.29, 1.82) is 0 Å². The summed E-state index contributed by atoms with van der Waals surface area (Å²) in [7, 11) is 1.75. The monoisotopic (exact) mass is 344 g/mol. The van der Waals surface area contributed by atoms with Gasteiger partial charge in [-0.3, -0.25) is 4.98 Å². The summed E-state index contributed by atoms with van der Waals surface area (Å²) in [6, 6.07) is 12.7. The number of ether oxygens (including phenoxy) is 1. The summed E-state index contributed by atoms with van der Waals surface area (Å²) in [5.74, 6) is 0. The summed E-state index contributed by atoms with van der Waals surface area (Å²) in [6.45, 7) is 5.97. The summed E-state index contributed by atoms with van der Waals surface area (Å²) in [5, 5.41) is 1.32. The van der Waals surface area contributed by atoms with Crippen LogP contribution in [0.5, 0.6) is 0 Å². The van der Waals surface area contributed by atoms with Crippen molar-refractivity contribution in [2.45, 2.75) is 33.2 Å². The molecule has 3 aromatic rings. The molecular weight excluding hydrogens is 320 g/mol. The van der Waals surface area contributed by atoms with Crippen molar-refractivity contribution in [3.63, 3.8) is 0 Å². The molecule has 3 rings (SSSR count). The van der Waals surface area contributed by atoms with E-state index in [-0.39, 0.29) is 12.4 Å². The molecule has 0 fully saturated rings. The second kappa shape index (κ2) is 8.32. The quantitative estimate of drug-likeness (QED) is 0.658. The molecule has 1 aromatic carbocycles. The third kappa shape index (κ3) is 3.63. The summed E-state index contributed by atoms with van der Waals surface area (Å²) >= 11 is 0. The zero-order chi connectivity index (χ0) is 16.2. The first-order valence-electron chi connectivity index (χ1n) is 8.18. The zero-order valence-corrected chi connectivity index (χ0v) is 15.4. The van der Waals surface area contributed by atoms with Gasteiger partial charge in [-0.1, -0.05) is 30.3 Å². The van der Waals surface area contributed by atoms with Crippen LogP contribution < -0.4 is 0 Å². The van der Waals surface area contributed by atoms with E-state index in [0.717, 1.165) is 26.0 Å². The molecule has 128 valence electrons. The Labute approximate surface area is 150 Å². The molecule has 0 amide bonds. The van der Waals surface area contributed by atoms with Crippen molar-refractivity contribution < 1.29 is 4.74 Å². The van der Waals surface area contributed by atoms with E-state index in [0.29, 0.717) is 0 Å².